The molecule has 2 aromatic carbocycles. The van der Waals surface area contributed by atoms with Gasteiger partial charge in [-0.2, -0.15) is 0 Å². The quantitative estimate of drug-likeness (QED) is 0.480. The van der Waals surface area contributed by atoms with E-state index in [4.69, 9.17) is 9.47 Å². The van der Waals surface area contributed by atoms with E-state index in [1.807, 2.05) is 0 Å². The summed E-state index contributed by atoms with van der Waals surface area (Å²) in [6.45, 7) is 1.43. The first-order valence-corrected chi connectivity index (χ1v) is 10.7. The van der Waals surface area contributed by atoms with Gasteiger partial charge >= 0.3 is 0 Å². The Labute approximate surface area is 195 Å². The third-order valence-corrected chi connectivity index (χ3v) is 5.45. The molecule has 0 saturated carbocycles. The van der Waals surface area contributed by atoms with E-state index in [-0.39, 0.29) is 19.8 Å². The third-order valence-electron chi connectivity index (χ3n) is 5.45. The summed E-state index contributed by atoms with van der Waals surface area (Å²) in [6, 6.07) is 8.50. The van der Waals surface area contributed by atoms with Gasteiger partial charge < -0.3 is 29.4 Å². The molecular formula is C25H24F2N2O5. The Hall–Kier alpha value is -3.29. The number of rotatable bonds is 6. The van der Waals surface area contributed by atoms with Crippen molar-refractivity contribution < 1.29 is 33.6 Å². The minimum absolute atomic E-state index is 0.0582. The Kier molecular flexibility index (Phi) is 7.24. The SMILES string of the molecule is CC(O)c1nccn1C(C#Cc1ccc(-c2cc(F)c(OC3COCC3O)c(F)c2)cc1)CO. The van der Waals surface area contributed by atoms with Crippen LogP contribution in [0.4, 0.5) is 8.78 Å². The highest BCUT2D eigenvalue weighted by Gasteiger charge is 2.30. The molecule has 0 amide bonds. The van der Waals surface area contributed by atoms with E-state index in [1.165, 1.54) is 18.3 Å². The van der Waals surface area contributed by atoms with Crippen molar-refractivity contribution in [2.75, 3.05) is 19.8 Å². The molecule has 1 aliphatic rings. The van der Waals surface area contributed by atoms with E-state index in [2.05, 4.69) is 16.8 Å². The first-order chi connectivity index (χ1) is 16.4. The molecular weight excluding hydrogens is 446 g/mol. The minimum Gasteiger partial charge on any atom is -0.479 e. The van der Waals surface area contributed by atoms with Crippen LogP contribution in [0, 0.1) is 23.5 Å². The predicted molar refractivity (Wildman–Crippen MR) is 119 cm³/mol. The molecule has 34 heavy (non-hydrogen) atoms. The Bertz CT molecular complexity index is 1180. The second kappa shape index (κ2) is 10.3. The van der Waals surface area contributed by atoms with Gasteiger partial charge in [0.1, 0.15) is 24.1 Å². The van der Waals surface area contributed by atoms with Crippen LogP contribution in [0.25, 0.3) is 11.1 Å². The molecule has 9 heteroatoms. The molecule has 0 aliphatic carbocycles. The number of aliphatic hydroxyl groups excluding tert-OH is 3. The molecule has 3 N–H and O–H groups in total. The molecule has 178 valence electrons. The van der Waals surface area contributed by atoms with Crippen molar-refractivity contribution in [2.45, 2.75) is 31.3 Å². The fraction of sp³-hybridized carbons (Fsp3) is 0.320. The maximum absolute atomic E-state index is 14.6. The maximum atomic E-state index is 14.6. The number of imidazole rings is 1. The topological polar surface area (TPSA) is 97.0 Å². The Morgan fingerprint density at radius 1 is 1.18 bits per heavy atom. The van der Waals surface area contributed by atoms with E-state index in [1.54, 1.807) is 42.0 Å². The summed E-state index contributed by atoms with van der Waals surface area (Å²) in [4.78, 5) is 4.08. The number of benzene rings is 2. The lowest BCUT2D eigenvalue weighted by atomic mass is 10.0. The molecule has 3 aromatic rings. The van der Waals surface area contributed by atoms with Crippen LogP contribution in [0.1, 0.15) is 30.5 Å². The summed E-state index contributed by atoms with van der Waals surface area (Å²) >= 11 is 0. The number of ether oxygens (including phenoxy) is 2. The molecule has 1 saturated heterocycles. The van der Waals surface area contributed by atoms with Gasteiger partial charge in [-0.15, -0.1) is 0 Å². The zero-order valence-electron chi connectivity index (χ0n) is 18.4. The molecule has 4 unspecified atom stereocenters. The van der Waals surface area contributed by atoms with Crippen LogP contribution in [0.15, 0.2) is 48.8 Å². The zero-order valence-corrected chi connectivity index (χ0v) is 18.4. The molecule has 1 aliphatic heterocycles. The highest BCUT2D eigenvalue weighted by atomic mass is 19.1. The number of aromatic nitrogens is 2. The average Bonchev–Trinajstić information content (AvgIpc) is 3.46. The van der Waals surface area contributed by atoms with Gasteiger partial charge in [0.05, 0.1) is 19.8 Å². The van der Waals surface area contributed by atoms with E-state index in [0.717, 1.165) is 0 Å². The maximum Gasteiger partial charge on any atom is 0.191 e. The molecule has 2 heterocycles. The van der Waals surface area contributed by atoms with E-state index < -0.39 is 41.7 Å². The normalized spacial score (nSPS) is 19.4. The monoisotopic (exact) mass is 470 g/mol. The minimum atomic E-state index is -0.940. The molecule has 4 atom stereocenters. The van der Waals surface area contributed by atoms with Crippen molar-refractivity contribution in [3.05, 3.63) is 71.8 Å². The van der Waals surface area contributed by atoms with Crippen molar-refractivity contribution in [1.29, 1.82) is 0 Å². The van der Waals surface area contributed by atoms with Crippen molar-refractivity contribution in [2.24, 2.45) is 0 Å². The summed E-state index contributed by atoms with van der Waals surface area (Å²) in [5, 5.41) is 29.3. The standard InChI is InChI=1S/C25H24F2N2O5/c1-15(31)25-28-8-9-29(25)19(12-30)7-4-16-2-5-17(6-3-16)18-10-20(26)24(21(27)11-18)34-23-14-33-13-22(23)32/h2-3,5-6,8-11,15,19,22-23,30-32H,12-14H2,1H3. The third kappa shape index (κ3) is 5.11. The highest BCUT2D eigenvalue weighted by molar-refractivity contribution is 5.65. The van der Waals surface area contributed by atoms with Crippen LogP contribution in [-0.4, -0.2) is 56.9 Å². The largest absolute Gasteiger partial charge is 0.479 e. The van der Waals surface area contributed by atoms with Crippen LogP contribution < -0.4 is 4.74 Å². The van der Waals surface area contributed by atoms with Gasteiger partial charge in [0.15, 0.2) is 23.5 Å². The first-order valence-electron chi connectivity index (χ1n) is 10.7. The van der Waals surface area contributed by atoms with Crippen molar-refractivity contribution >= 4 is 0 Å². The number of halogens is 2. The fourth-order valence-corrected chi connectivity index (χ4v) is 3.65. The van der Waals surface area contributed by atoms with E-state index >= 15 is 0 Å². The number of hydrogen-bond donors (Lipinski definition) is 3. The average molecular weight is 470 g/mol. The van der Waals surface area contributed by atoms with Crippen LogP contribution >= 0.6 is 0 Å². The summed E-state index contributed by atoms with van der Waals surface area (Å²) in [6.07, 6.45) is 0.593. The second-order valence-corrected chi connectivity index (χ2v) is 7.94. The summed E-state index contributed by atoms with van der Waals surface area (Å²) in [5.41, 5.74) is 1.53. The molecule has 0 spiro atoms. The lowest BCUT2D eigenvalue weighted by molar-refractivity contribution is 0.0680. The zero-order chi connectivity index (χ0) is 24.2. The Balaban J connectivity index is 1.51. The number of aliphatic hydroxyl groups is 3. The van der Waals surface area contributed by atoms with Gasteiger partial charge in [-0.3, -0.25) is 0 Å². The van der Waals surface area contributed by atoms with E-state index in [0.29, 0.717) is 22.5 Å². The first kappa shape index (κ1) is 23.9. The Morgan fingerprint density at radius 3 is 2.47 bits per heavy atom. The van der Waals surface area contributed by atoms with Gasteiger partial charge in [0, 0.05) is 18.0 Å². The van der Waals surface area contributed by atoms with Crippen LogP contribution in [0.2, 0.25) is 0 Å². The Morgan fingerprint density at radius 2 is 1.88 bits per heavy atom. The van der Waals surface area contributed by atoms with E-state index in [9.17, 15) is 24.1 Å². The molecule has 1 aromatic heterocycles. The summed E-state index contributed by atoms with van der Waals surface area (Å²) in [5.74, 6) is 4.01. The second-order valence-electron chi connectivity index (χ2n) is 7.94. The molecule has 4 rings (SSSR count). The van der Waals surface area contributed by atoms with Gasteiger partial charge in [0.2, 0.25) is 0 Å². The van der Waals surface area contributed by atoms with Gasteiger partial charge in [-0.25, -0.2) is 13.8 Å². The van der Waals surface area contributed by atoms with Gasteiger partial charge in [-0.1, -0.05) is 24.0 Å². The molecule has 0 radical (unpaired) electrons. The van der Waals surface area contributed by atoms with Crippen molar-refractivity contribution in [3.8, 4) is 28.7 Å². The van der Waals surface area contributed by atoms with Crippen molar-refractivity contribution in [1.82, 2.24) is 9.55 Å². The predicted octanol–water partition coefficient (Wildman–Crippen LogP) is 2.61. The van der Waals surface area contributed by atoms with Crippen LogP contribution in [0.5, 0.6) is 5.75 Å². The molecule has 1 fully saturated rings. The van der Waals surface area contributed by atoms with Crippen LogP contribution in [0.3, 0.4) is 0 Å². The summed E-state index contributed by atoms with van der Waals surface area (Å²) < 4.78 is 41.1. The molecule has 0 bridgehead atoms. The fourth-order valence-electron chi connectivity index (χ4n) is 3.65. The van der Waals surface area contributed by atoms with Gasteiger partial charge in [0.25, 0.3) is 0 Å². The highest BCUT2D eigenvalue weighted by Crippen LogP contribution is 2.31. The number of hydrogen-bond acceptors (Lipinski definition) is 6. The lowest BCUT2D eigenvalue weighted by Crippen LogP contribution is -2.30. The summed E-state index contributed by atoms with van der Waals surface area (Å²) in [7, 11) is 0. The van der Waals surface area contributed by atoms with Crippen molar-refractivity contribution in [3.63, 3.8) is 0 Å². The van der Waals surface area contributed by atoms with Gasteiger partial charge in [-0.05, 0) is 42.3 Å². The molecule has 7 nitrogen and oxygen atoms in total. The van der Waals surface area contributed by atoms with Crippen LogP contribution in [-0.2, 0) is 4.74 Å². The smallest absolute Gasteiger partial charge is 0.191 e. The lowest BCUT2D eigenvalue weighted by Gasteiger charge is -2.17. The number of nitrogens with zero attached hydrogens (tertiary/aromatic N) is 2.